The summed E-state index contributed by atoms with van der Waals surface area (Å²) in [7, 11) is 0. The van der Waals surface area contributed by atoms with Gasteiger partial charge < -0.3 is 0 Å². The molecular formula is C9H11NS2. The third-order valence-electron chi connectivity index (χ3n) is 1.23. The second-order valence-corrected chi connectivity index (χ2v) is 4.47. The molecule has 64 valence electrons. The third-order valence-corrected chi connectivity index (χ3v) is 2.77. The molecule has 0 amide bonds. The summed E-state index contributed by atoms with van der Waals surface area (Å²) < 4.78 is 0. The van der Waals surface area contributed by atoms with Crippen molar-refractivity contribution in [1.82, 2.24) is 4.98 Å². The number of nitrogens with zero attached hydrogens (tertiary/aromatic N) is 1. The Morgan fingerprint density at radius 1 is 1.58 bits per heavy atom. The Balaban J connectivity index is 0.000000120. The number of thiazole rings is 1. The Labute approximate surface area is 81.2 Å². The molecule has 0 atom stereocenters. The minimum absolute atomic E-state index is 1.07. The fourth-order valence-corrected chi connectivity index (χ4v) is 1.68. The van der Waals surface area contributed by atoms with Gasteiger partial charge in [-0.15, -0.1) is 23.1 Å². The SMILES string of the molecule is C=C1CC=CS1.Cc1nccs1. The summed E-state index contributed by atoms with van der Waals surface area (Å²) in [5, 5.41) is 5.17. The zero-order valence-electron chi connectivity index (χ0n) is 6.99. The smallest absolute Gasteiger partial charge is 0.0893 e. The maximum absolute atomic E-state index is 3.94. The van der Waals surface area contributed by atoms with Crippen LogP contribution in [0.2, 0.25) is 0 Å². The summed E-state index contributed by atoms with van der Waals surface area (Å²) in [5.41, 5.74) is 0. The summed E-state index contributed by atoms with van der Waals surface area (Å²) in [4.78, 5) is 5.19. The Morgan fingerprint density at radius 3 is 2.58 bits per heavy atom. The quantitative estimate of drug-likeness (QED) is 0.630. The molecule has 1 aliphatic rings. The second kappa shape index (κ2) is 5.17. The fourth-order valence-electron chi connectivity index (χ4n) is 0.667. The van der Waals surface area contributed by atoms with Gasteiger partial charge in [-0.05, 0) is 23.7 Å². The lowest BCUT2D eigenvalue weighted by Gasteiger charge is -1.80. The Morgan fingerprint density at radius 2 is 2.42 bits per heavy atom. The van der Waals surface area contributed by atoms with E-state index in [0.717, 1.165) is 11.4 Å². The Kier molecular flexibility index (Phi) is 4.11. The molecule has 1 aromatic heterocycles. The average Bonchev–Trinajstić information content (AvgIpc) is 2.63. The van der Waals surface area contributed by atoms with Crippen molar-refractivity contribution >= 4 is 23.1 Å². The van der Waals surface area contributed by atoms with E-state index in [1.807, 2.05) is 12.3 Å². The van der Waals surface area contributed by atoms with Crippen molar-refractivity contribution in [2.24, 2.45) is 0 Å². The van der Waals surface area contributed by atoms with Crippen LogP contribution in [0.15, 0.2) is 34.5 Å². The maximum atomic E-state index is 3.94. The number of rotatable bonds is 0. The molecule has 1 nitrogen and oxygen atoms in total. The molecule has 0 fully saturated rings. The van der Waals surface area contributed by atoms with E-state index in [1.54, 1.807) is 29.3 Å². The topological polar surface area (TPSA) is 12.9 Å². The minimum Gasteiger partial charge on any atom is -0.250 e. The van der Waals surface area contributed by atoms with Gasteiger partial charge in [-0.25, -0.2) is 0 Å². The highest BCUT2D eigenvalue weighted by atomic mass is 32.2. The van der Waals surface area contributed by atoms with E-state index < -0.39 is 0 Å². The van der Waals surface area contributed by atoms with Gasteiger partial charge >= 0.3 is 0 Å². The molecule has 3 heteroatoms. The summed E-state index contributed by atoms with van der Waals surface area (Å²) in [6, 6.07) is 0. The summed E-state index contributed by atoms with van der Waals surface area (Å²) >= 11 is 3.39. The lowest BCUT2D eigenvalue weighted by atomic mass is 10.4. The van der Waals surface area contributed by atoms with Crippen LogP contribution in [0.4, 0.5) is 0 Å². The first-order valence-electron chi connectivity index (χ1n) is 3.64. The molecule has 0 unspecified atom stereocenters. The van der Waals surface area contributed by atoms with Gasteiger partial charge in [0, 0.05) is 11.6 Å². The third kappa shape index (κ3) is 3.74. The molecule has 0 N–H and O–H groups in total. The molecule has 1 aromatic rings. The van der Waals surface area contributed by atoms with Crippen LogP contribution in [0.5, 0.6) is 0 Å². The molecule has 0 bridgehead atoms. The number of thioether (sulfide) groups is 1. The van der Waals surface area contributed by atoms with E-state index >= 15 is 0 Å². The maximum Gasteiger partial charge on any atom is 0.0893 e. The van der Waals surface area contributed by atoms with Crippen LogP contribution >= 0.6 is 23.1 Å². The summed E-state index contributed by atoms with van der Waals surface area (Å²) in [5.74, 6) is 0. The molecule has 0 aromatic carbocycles. The zero-order valence-corrected chi connectivity index (χ0v) is 8.62. The first-order chi connectivity index (χ1) is 5.79. The van der Waals surface area contributed by atoms with Crippen LogP contribution in [0, 0.1) is 6.92 Å². The van der Waals surface area contributed by atoms with E-state index in [4.69, 9.17) is 0 Å². The number of allylic oxidation sites excluding steroid dienone is 2. The molecule has 2 heterocycles. The average molecular weight is 197 g/mol. The van der Waals surface area contributed by atoms with Gasteiger partial charge in [-0.1, -0.05) is 12.7 Å². The molecule has 0 radical (unpaired) electrons. The van der Waals surface area contributed by atoms with Crippen molar-refractivity contribution in [3.63, 3.8) is 0 Å². The molecule has 12 heavy (non-hydrogen) atoms. The lowest BCUT2D eigenvalue weighted by Crippen LogP contribution is -1.56. The molecule has 0 aliphatic carbocycles. The van der Waals surface area contributed by atoms with Gasteiger partial charge in [-0.2, -0.15) is 0 Å². The molecule has 0 saturated heterocycles. The number of hydrogen-bond acceptors (Lipinski definition) is 3. The predicted octanol–water partition coefficient (Wildman–Crippen LogP) is 3.60. The van der Waals surface area contributed by atoms with Crippen LogP contribution < -0.4 is 0 Å². The lowest BCUT2D eigenvalue weighted by molar-refractivity contribution is 1.30. The standard InChI is InChI=1S/C5H6S.C4H5NS/c1-5-3-2-4-6-5;1-4-5-2-3-6-4/h2,4H,1,3H2;2-3H,1H3. The normalized spacial score (nSPS) is 14.2. The van der Waals surface area contributed by atoms with E-state index in [-0.39, 0.29) is 0 Å². The van der Waals surface area contributed by atoms with Gasteiger partial charge in [0.15, 0.2) is 0 Å². The molecule has 0 saturated carbocycles. The highest BCUT2D eigenvalue weighted by molar-refractivity contribution is 8.06. The van der Waals surface area contributed by atoms with Crippen LogP contribution in [-0.2, 0) is 0 Å². The number of hydrogen-bond donors (Lipinski definition) is 0. The van der Waals surface area contributed by atoms with Gasteiger partial charge in [0.05, 0.1) is 5.01 Å². The highest BCUT2D eigenvalue weighted by Crippen LogP contribution is 2.25. The van der Waals surface area contributed by atoms with Crippen molar-refractivity contribution in [2.45, 2.75) is 13.3 Å². The monoisotopic (exact) mass is 197 g/mol. The van der Waals surface area contributed by atoms with Crippen molar-refractivity contribution in [1.29, 1.82) is 0 Å². The van der Waals surface area contributed by atoms with Gasteiger partial charge in [0.25, 0.3) is 0 Å². The number of aromatic nitrogens is 1. The molecule has 0 spiro atoms. The summed E-state index contributed by atoms with van der Waals surface area (Å²) in [6.45, 7) is 5.75. The second-order valence-electron chi connectivity index (χ2n) is 2.28. The molecular weight excluding hydrogens is 186 g/mol. The zero-order chi connectivity index (χ0) is 8.81. The van der Waals surface area contributed by atoms with Gasteiger partial charge in [0.1, 0.15) is 0 Å². The van der Waals surface area contributed by atoms with Crippen LogP contribution in [0.25, 0.3) is 0 Å². The van der Waals surface area contributed by atoms with Crippen molar-refractivity contribution in [3.05, 3.63) is 39.6 Å². The van der Waals surface area contributed by atoms with Crippen molar-refractivity contribution in [2.75, 3.05) is 0 Å². The van der Waals surface area contributed by atoms with E-state index in [0.29, 0.717) is 0 Å². The first kappa shape index (κ1) is 9.55. The van der Waals surface area contributed by atoms with E-state index in [2.05, 4.69) is 23.0 Å². The minimum atomic E-state index is 1.07. The van der Waals surface area contributed by atoms with Crippen LogP contribution in [-0.4, -0.2) is 4.98 Å². The first-order valence-corrected chi connectivity index (χ1v) is 5.40. The van der Waals surface area contributed by atoms with E-state index in [1.165, 1.54) is 4.91 Å². The molecule has 1 aliphatic heterocycles. The fraction of sp³-hybridized carbons (Fsp3) is 0.222. The van der Waals surface area contributed by atoms with Crippen LogP contribution in [0.3, 0.4) is 0 Å². The van der Waals surface area contributed by atoms with Gasteiger partial charge in [-0.3, -0.25) is 4.98 Å². The number of aryl methyl sites for hydroxylation is 1. The predicted molar refractivity (Wildman–Crippen MR) is 57.3 cm³/mol. The van der Waals surface area contributed by atoms with Crippen LogP contribution in [0.1, 0.15) is 11.4 Å². The van der Waals surface area contributed by atoms with Gasteiger partial charge in [0.2, 0.25) is 0 Å². The van der Waals surface area contributed by atoms with Crippen molar-refractivity contribution in [3.8, 4) is 0 Å². The largest absolute Gasteiger partial charge is 0.250 e. The highest BCUT2D eigenvalue weighted by Gasteiger charge is 1.93. The Bertz CT molecular complexity index is 252. The van der Waals surface area contributed by atoms with Crippen molar-refractivity contribution < 1.29 is 0 Å². The Hall–Kier alpha value is -0.540. The summed E-state index contributed by atoms with van der Waals surface area (Å²) in [6.07, 6.45) is 5.00. The molecule has 2 rings (SSSR count). The van der Waals surface area contributed by atoms with E-state index in [9.17, 15) is 0 Å².